The van der Waals surface area contributed by atoms with Crippen LogP contribution in [0.4, 0.5) is 13.2 Å². The Bertz CT molecular complexity index is 372. The van der Waals surface area contributed by atoms with Gasteiger partial charge in [-0.3, -0.25) is 0 Å². The summed E-state index contributed by atoms with van der Waals surface area (Å²) in [7, 11) is -5.54. The third-order valence-electron chi connectivity index (χ3n) is 2.46. The number of rotatable bonds is 9. The van der Waals surface area contributed by atoms with E-state index in [2.05, 4.69) is 4.18 Å². The quantitative estimate of drug-likeness (QED) is 0.272. The van der Waals surface area contributed by atoms with Crippen LogP contribution in [-0.2, 0) is 14.3 Å². The summed E-state index contributed by atoms with van der Waals surface area (Å²) in [5, 5.41) is 0. The summed E-state index contributed by atoms with van der Waals surface area (Å²) >= 11 is 0. The van der Waals surface area contributed by atoms with Crippen molar-refractivity contribution in [3.8, 4) is 0 Å². The minimum absolute atomic E-state index is 0.0979. The van der Waals surface area contributed by atoms with Gasteiger partial charge in [0.25, 0.3) is 0 Å². The molecule has 0 radical (unpaired) electrons. The van der Waals surface area contributed by atoms with Gasteiger partial charge in [0.15, 0.2) is 0 Å². The number of hydrogen-bond donors (Lipinski definition) is 0. The summed E-state index contributed by atoms with van der Waals surface area (Å²) in [6, 6.07) is 0. The summed E-state index contributed by atoms with van der Waals surface area (Å²) < 4.78 is 62.8. The van der Waals surface area contributed by atoms with Gasteiger partial charge in [-0.1, -0.05) is 33.1 Å². The normalized spacial score (nSPS) is 13.6. The van der Waals surface area contributed by atoms with E-state index < -0.39 is 15.6 Å². The number of unbranched alkanes of at least 4 members (excludes halogenated alkanes) is 4. The number of hydrogen-bond acceptors (Lipinski definition) is 3. The molecule has 0 amide bonds. The first kappa shape index (κ1) is 18.3. The van der Waals surface area contributed by atoms with Gasteiger partial charge in [-0.25, -0.2) is 0 Å². The molecule has 0 aromatic carbocycles. The SMILES string of the molecule is CCCC/C=C(/CCCCC)OS(=O)(=O)C(F)(F)F. The van der Waals surface area contributed by atoms with E-state index in [9.17, 15) is 21.6 Å². The molecule has 0 bridgehead atoms. The van der Waals surface area contributed by atoms with Gasteiger partial charge in [-0.05, 0) is 25.3 Å². The van der Waals surface area contributed by atoms with Crippen LogP contribution in [0.15, 0.2) is 11.8 Å². The number of halogens is 3. The number of allylic oxidation sites excluding steroid dienone is 2. The maximum absolute atomic E-state index is 12.2. The van der Waals surface area contributed by atoms with Gasteiger partial charge in [0, 0.05) is 6.42 Å². The lowest BCUT2D eigenvalue weighted by Crippen LogP contribution is -2.25. The van der Waals surface area contributed by atoms with Gasteiger partial charge < -0.3 is 4.18 Å². The fourth-order valence-corrected chi connectivity index (χ4v) is 1.91. The van der Waals surface area contributed by atoms with Crippen LogP contribution in [0.1, 0.15) is 58.8 Å². The Hall–Kier alpha value is -0.720. The van der Waals surface area contributed by atoms with E-state index in [1.807, 2.05) is 13.8 Å². The highest BCUT2D eigenvalue weighted by molar-refractivity contribution is 7.87. The molecule has 0 atom stereocenters. The molecule has 0 fully saturated rings. The zero-order valence-corrected chi connectivity index (χ0v) is 12.1. The molecular formula is C12H21F3O3S. The monoisotopic (exact) mass is 302 g/mol. The van der Waals surface area contributed by atoms with Crippen molar-refractivity contribution >= 4 is 10.1 Å². The molecule has 7 heteroatoms. The van der Waals surface area contributed by atoms with Crippen molar-refractivity contribution < 1.29 is 25.8 Å². The Morgan fingerprint density at radius 2 is 1.68 bits per heavy atom. The minimum Gasteiger partial charge on any atom is -0.381 e. The van der Waals surface area contributed by atoms with Gasteiger partial charge in [-0.15, -0.1) is 0 Å². The Morgan fingerprint density at radius 1 is 1.11 bits per heavy atom. The molecule has 114 valence electrons. The first-order valence-corrected chi connectivity index (χ1v) is 7.85. The topological polar surface area (TPSA) is 43.4 Å². The largest absolute Gasteiger partial charge is 0.534 e. The predicted molar refractivity (Wildman–Crippen MR) is 67.8 cm³/mol. The van der Waals surface area contributed by atoms with Crippen LogP contribution in [-0.4, -0.2) is 13.9 Å². The average molecular weight is 302 g/mol. The maximum Gasteiger partial charge on any atom is 0.534 e. The van der Waals surface area contributed by atoms with Crippen LogP contribution in [0.2, 0.25) is 0 Å². The molecule has 0 unspecified atom stereocenters. The molecule has 3 nitrogen and oxygen atoms in total. The highest BCUT2D eigenvalue weighted by Crippen LogP contribution is 2.28. The average Bonchev–Trinajstić information content (AvgIpc) is 2.27. The molecule has 0 N–H and O–H groups in total. The smallest absolute Gasteiger partial charge is 0.381 e. The summed E-state index contributed by atoms with van der Waals surface area (Å²) in [4.78, 5) is 0. The van der Waals surface area contributed by atoms with Crippen LogP contribution in [0.25, 0.3) is 0 Å². The summed E-state index contributed by atoms with van der Waals surface area (Å²) in [5.41, 5.74) is -5.37. The highest BCUT2D eigenvalue weighted by atomic mass is 32.2. The lowest BCUT2D eigenvalue weighted by atomic mass is 10.1. The second-order valence-corrected chi connectivity index (χ2v) is 5.79. The minimum atomic E-state index is -5.54. The Labute approximate surface area is 113 Å². The molecule has 0 aromatic rings. The highest BCUT2D eigenvalue weighted by Gasteiger charge is 2.48. The molecule has 0 saturated heterocycles. The van der Waals surface area contributed by atoms with Crippen molar-refractivity contribution in [1.29, 1.82) is 0 Å². The van der Waals surface area contributed by atoms with E-state index in [0.29, 0.717) is 12.8 Å². The zero-order valence-electron chi connectivity index (χ0n) is 11.3. The molecule has 0 rings (SSSR count). The molecule has 0 saturated carbocycles. The van der Waals surface area contributed by atoms with Gasteiger partial charge in [0.2, 0.25) is 0 Å². The standard InChI is InChI=1S/C12H21F3O3S/c1-3-5-7-9-11(10-8-6-4-2)18-19(16,17)12(13,14)15/h9H,3-8,10H2,1-2H3/b11-9-. The fourth-order valence-electron chi connectivity index (χ4n) is 1.38. The van der Waals surface area contributed by atoms with Gasteiger partial charge in [-0.2, -0.15) is 21.6 Å². The lowest BCUT2D eigenvalue weighted by molar-refractivity contribution is -0.0523. The van der Waals surface area contributed by atoms with E-state index >= 15 is 0 Å². The molecule has 19 heavy (non-hydrogen) atoms. The summed E-state index contributed by atoms with van der Waals surface area (Å²) in [6.45, 7) is 3.89. The van der Waals surface area contributed by atoms with Gasteiger partial charge in [0.05, 0.1) is 0 Å². The van der Waals surface area contributed by atoms with Gasteiger partial charge in [0.1, 0.15) is 5.76 Å². The second kappa shape index (κ2) is 8.45. The van der Waals surface area contributed by atoms with Crippen LogP contribution >= 0.6 is 0 Å². The molecule has 0 aromatic heterocycles. The van der Waals surface area contributed by atoms with Crippen LogP contribution in [0, 0.1) is 0 Å². The van der Waals surface area contributed by atoms with Crippen molar-refractivity contribution in [2.75, 3.05) is 0 Å². The number of alkyl halides is 3. The van der Waals surface area contributed by atoms with E-state index in [1.54, 1.807) is 0 Å². The first-order valence-electron chi connectivity index (χ1n) is 6.44. The molecule has 0 aliphatic carbocycles. The Balaban J connectivity index is 4.70. The fraction of sp³-hybridized carbons (Fsp3) is 0.833. The molecule has 0 aliphatic heterocycles. The van der Waals surface area contributed by atoms with Crippen LogP contribution in [0.5, 0.6) is 0 Å². The van der Waals surface area contributed by atoms with Gasteiger partial charge >= 0.3 is 15.6 Å². The van der Waals surface area contributed by atoms with E-state index in [-0.39, 0.29) is 12.2 Å². The lowest BCUT2D eigenvalue weighted by Gasteiger charge is -2.12. The Morgan fingerprint density at radius 3 is 2.16 bits per heavy atom. The van der Waals surface area contributed by atoms with Crippen molar-refractivity contribution in [3.05, 3.63) is 11.8 Å². The van der Waals surface area contributed by atoms with Crippen molar-refractivity contribution in [2.24, 2.45) is 0 Å². The molecule has 0 aliphatic rings. The maximum atomic E-state index is 12.2. The van der Waals surface area contributed by atoms with Crippen molar-refractivity contribution in [1.82, 2.24) is 0 Å². The summed E-state index contributed by atoms with van der Waals surface area (Å²) in [5.74, 6) is -0.0979. The first-order chi connectivity index (χ1) is 8.74. The molecule has 0 heterocycles. The molecular weight excluding hydrogens is 281 g/mol. The predicted octanol–water partition coefficient (Wildman–Crippen LogP) is 4.51. The Kier molecular flexibility index (Phi) is 8.13. The van der Waals surface area contributed by atoms with E-state index in [0.717, 1.165) is 25.7 Å². The van der Waals surface area contributed by atoms with E-state index in [4.69, 9.17) is 0 Å². The van der Waals surface area contributed by atoms with Crippen LogP contribution < -0.4 is 0 Å². The van der Waals surface area contributed by atoms with Crippen molar-refractivity contribution in [2.45, 2.75) is 64.3 Å². The van der Waals surface area contributed by atoms with Crippen LogP contribution in [0.3, 0.4) is 0 Å². The summed E-state index contributed by atoms with van der Waals surface area (Å²) in [6.07, 6.45) is 6.18. The van der Waals surface area contributed by atoms with E-state index in [1.165, 1.54) is 6.08 Å². The second-order valence-electron chi connectivity index (χ2n) is 4.25. The zero-order chi connectivity index (χ0) is 14.9. The van der Waals surface area contributed by atoms with Crippen molar-refractivity contribution in [3.63, 3.8) is 0 Å². The third kappa shape index (κ3) is 7.44. The molecule has 0 spiro atoms. The third-order valence-corrected chi connectivity index (χ3v) is 3.46.